The summed E-state index contributed by atoms with van der Waals surface area (Å²) in [5.41, 5.74) is 8.29. The molecule has 0 spiro atoms. The minimum Gasteiger partial charge on any atom is -0.397 e. The molecule has 86 valence electrons. The number of thioether (sulfide) groups is 1. The van der Waals surface area contributed by atoms with Crippen molar-refractivity contribution in [1.29, 1.82) is 0 Å². The molecular weight excluding hydrogens is 220 g/mol. The summed E-state index contributed by atoms with van der Waals surface area (Å²) >= 11 is 1.34. The lowest BCUT2D eigenvalue weighted by Gasteiger charge is -2.00. The van der Waals surface area contributed by atoms with E-state index in [4.69, 9.17) is 5.73 Å². The molecule has 0 aliphatic carbocycles. The SMILES string of the molecule is CC(=O)SCCC=Cc1ncc(N)cc1C. The van der Waals surface area contributed by atoms with E-state index in [0.717, 1.165) is 23.4 Å². The van der Waals surface area contributed by atoms with Crippen LogP contribution in [0.25, 0.3) is 6.08 Å². The summed E-state index contributed by atoms with van der Waals surface area (Å²) in [6.07, 6.45) is 6.52. The molecule has 1 aromatic heterocycles. The van der Waals surface area contributed by atoms with Crippen molar-refractivity contribution in [1.82, 2.24) is 4.98 Å². The minimum atomic E-state index is 0.162. The highest BCUT2D eigenvalue weighted by molar-refractivity contribution is 8.13. The molecule has 1 heterocycles. The second kappa shape index (κ2) is 6.33. The monoisotopic (exact) mass is 236 g/mol. The van der Waals surface area contributed by atoms with Gasteiger partial charge in [0.15, 0.2) is 5.12 Å². The molecule has 0 unspecified atom stereocenters. The second-order valence-electron chi connectivity index (χ2n) is 3.50. The summed E-state index contributed by atoms with van der Waals surface area (Å²) in [6, 6.07) is 1.90. The molecule has 0 saturated carbocycles. The van der Waals surface area contributed by atoms with Gasteiger partial charge in [0.2, 0.25) is 0 Å². The number of carbonyl (C=O) groups excluding carboxylic acids is 1. The first-order chi connectivity index (χ1) is 7.59. The number of allylic oxidation sites excluding steroid dienone is 1. The standard InChI is InChI=1S/C12H16N2OS/c1-9-7-11(13)8-14-12(9)5-3-4-6-16-10(2)15/h3,5,7-8H,4,6,13H2,1-2H3. The van der Waals surface area contributed by atoms with Gasteiger partial charge in [0, 0.05) is 12.7 Å². The molecule has 3 nitrogen and oxygen atoms in total. The third-order valence-corrected chi connectivity index (χ3v) is 2.85. The van der Waals surface area contributed by atoms with Gasteiger partial charge in [-0.25, -0.2) is 0 Å². The highest BCUT2D eigenvalue weighted by Gasteiger charge is 1.96. The van der Waals surface area contributed by atoms with E-state index < -0.39 is 0 Å². The van der Waals surface area contributed by atoms with Crippen LogP contribution in [0.2, 0.25) is 0 Å². The molecule has 0 fully saturated rings. The smallest absolute Gasteiger partial charge is 0.185 e. The number of rotatable bonds is 4. The maximum atomic E-state index is 10.7. The van der Waals surface area contributed by atoms with Crippen LogP contribution in [0.3, 0.4) is 0 Å². The molecule has 16 heavy (non-hydrogen) atoms. The number of carbonyl (C=O) groups is 1. The van der Waals surface area contributed by atoms with E-state index in [0.29, 0.717) is 5.69 Å². The van der Waals surface area contributed by atoms with Gasteiger partial charge in [-0.3, -0.25) is 9.78 Å². The van der Waals surface area contributed by atoms with Crippen molar-refractivity contribution in [2.45, 2.75) is 20.3 Å². The Morgan fingerprint density at radius 1 is 1.62 bits per heavy atom. The van der Waals surface area contributed by atoms with Crippen molar-refractivity contribution >= 4 is 28.6 Å². The Morgan fingerprint density at radius 3 is 3.00 bits per heavy atom. The maximum absolute atomic E-state index is 10.7. The number of hydrogen-bond acceptors (Lipinski definition) is 4. The Balaban J connectivity index is 2.47. The van der Waals surface area contributed by atoms with E-state index in [2.05, 4.69) is 4.98 Å². The zero-order valence-corrected chi connectivity index (χ0v) is 10.4. The first kappa shape index (κ1) is 12.8. The first-order valence-electron chi connectivity index (χ1n) is 5.11. The fourth-order valence-corrected chi connectivity index (χ4v) is 1.79. The largest absolute Gasteiger partial charge is 0.397 e. The van der Waals surface area contributed by atoms with Crippen molar-refractivity contribution in [3.8, 4) is 0 Å². The summed E-state index contributed by atoms with van der Waals surface area (Å²) in [7, 11) is 0. The molecule has 1 aromatic rings. The third kappa shape index (κ3) is 4.49. The lowest BCUT2D eigenvalue weighted by atomic mass is 10.2. The van der Waals surface area contributed by atoms with Crippen LogP contribution in [0.15, 0.2) is 18.3 Å². The van der Waals surface area contributed by atoms with Gasteiger partial charge in [-0.15, -0.1) is 0 Å². The zero-order valence-electron chi connectivity index (χ0n) is 9.56. The fraction of sp³-hybridized carbons (Fsp3) is 0.333. The van der Waals surface area contributed by atoms with Gasteiger partial charge in [-0.2, -0.15) is 0 Å². The van der Waals surface area contributed by atoms with E-state index in [1.165, 1.54) is 11.8 Å². The quantitative estimate of drug-likeness (QED) is 0.816. The van der Waals surface area contributed by atoms with Crippen LogP contribution >= 0.6 is 11.8 Å². The van der Waals surface area contributed by atoms with Crippen molar-refractivity contribution in [3.63, 3.8) is 0 Å². The van der Waals surface area contributed by atoms with Crippen LogP contribution in [-0.4, -0.2) is 15.9 Å². The predicted molar refractivity (Wildman–Crippen MR) is 70.2 cm³/mol. The summed E-state index contributed by atoms with van der Waals surface area (Å²) in [5.74, 6) is 0.819. The molecule has 0 saturated heterocycles. The average molecular weight is 236 g/mol. The molecule has 0 amide bonds. The van der Waals surface area contributed by atoms with E-state index in [1.807, 2.05) is 25.1 Å². The molecule has 0 aromatic carbocycles. The molecule has 0 radical (unpaired) electrons. The lowest BCUT2D eigenvalue weighted by molar-refractivity contribution is -0.109. The van der Waals surface area contributed by atoms with Gasteiger partial charge in [0.1, 0.15) is 0 Å². The molecule has 0 aliphatic rings. The fourth-order valence-electron chi connectivity index (χ4n) is 1.25. The van der Waals surface area contributed by atoms with Crippen LogP contribution < -0.4 is 5.73 Å². The Kier molecular flexibility index (Phi) is 5.05. The number of aryl methyl sites for hydroxylation is 1. The molecular formula is C12H16N2OS. The first-order valence-corrected chi connectivity index (χ1v) is 6.10. The molecule has 4 heteroatoms. The van der Waals surface area contributed by atoms with Gasteiger partial charge in [-0.05, 0) is 31.1 Å². The van der Waals surface area contributed by atoms with E-state index in [9.17, 15) is 4.79 Å². The number of aromatic nitrogens is 1. The average Bonchev–Trinajstić information content (AvgIpc) is 2.20. The van der Waals surface area contributed by atoms with Gasteiger partial charge in [0.25, 0.3) is 0 Å². The number of hydrogen-bond donors (Lipinski definition) is 1. The summed E-state index contributed by atoms with van der Waals surface area (Å²) in [5, 5.41) is 0.162. The Hall–Kier alpha value is -1.29. The summed E-state index contributed by atoms with van der Waals surface area (Å²) < 4.78 is 0. The van der Waals surface area contributed by atoms with Gasteiger partial charge >= 0.3 is 0 Å². The zero-order chi connectivity index (χ0) is 12.0. The van der Waals surface area contributed by atoms with Crippen LogP contribution in [-0.2, 0) is 4.79 Å². The molecule has 1 rings (SSSR count). The minimum absolute atomic E-state index is 0.162. The van der Waals surface area contributed by atoms with Crippen molar-refractivity contribution in [3.05, 3.63) is 29.6 Å². The van der Waals surface area contributed by atoms with E-state index >= 15 is 0 Å². The van der Waals surface area contributed by atoms with Crippen molar-refractivity contribution < 1.29 is 4.79 Å². The number of anilines is 1. The number of pyridine rings is 1. The highest BCUT2D eigenvalue weighted by atomic mass is 32.2. The summed E-state index contributed by atoms with van der Waals surface area (Å²) in [4.78, 5) is 14.9. The topological polar surface area (TPSA) is 56.0 Å². The maximum Gasteiger partial charge on any atom is 0.185 e. The van der Waals surface area contributed by atoms with Gasteiger partial charge < -0.3 is 5.73 Å². The van der Waals surface area contributed by atoms with Crippen LogP contribution in [0.5, 0.6) is 0 Å². The highest BCUT2D eigenvalue weighted by Crippen LogP contribution is 2.11. The molecule has 0 bridgehead atoms. The lowest BCUT2D eigenvalue weighted by Crippen LogP contribution is -1.91. The third-order valence-electron chi connectivity index (χ3n) is 2.01. The Morgan fingerprint density at radius 2 is 2.38 bits per heavy atom. The van der Waals surface area contributed by atoms with Crippen LogP contribution in [0, 0.1) is 6.92 Å². The van der Waals surface area contributed by atoms with Crippen molar-refractivity contribution in [2.75, 3.05) is 11.5 Å². The Bertz CT molecular complexity index is 402. The van der Waals surface area contributed by atoms with E-state index in [-0.39, 0.29) is 5.12 Å². The van der Waals surface area contributed by atoms with Crippen LogP contribution in [0.4, 0.5) is 5.69 Å². The van der Waals surface area contributed by atoms with Crippen LogP contribution in [0.1, 0.15) is 24.6 Å². The molecule has 0 aliphatic heterocycles. The summed E-state index contributed by atoms with van der Waals surface area (Å²) in [6.45, 7) is 3.56. The normalized spacial score (nSPS) is 10.9. The van der Waals surface area contributed by atoms with Gasteiger partial charge in [-0.1, -0.05) is 17.8 Å². The van der Waals surface area contributed by atoms with Crippen molar-refractivity contribution in [2.24, 2.45) is 0 Å². The predicted octanol–water partition coefficient (Wildman–Crippen LogP) is 2.66. The number of nitrogens with two attached hydrogens (primary N) is 1. The molecule has 2 N–H and O–H groups in total. The Labute approximate surface area is 100 Å². The molecule has 0 atom stereocenters. The number of nitrogens with zero attached hydrogens (tertiary/aromatic N) is 1. The second-order valence-corrected chi connectivity index (χ2v) is 4.77. The van der Waals surface area contributed by atoms with E-state index in [1.54, 1.807) is 13.1 Å². The van der Waals surface area contributed by atoms with Gasteiger partial charge in [0.05, 0.1) is 17.6 Å². The number of nitrogen functional groups attached to an aromatic ring is 1.